The van der Waals surface area contributed by atoms with Gasteiger partial charge in [0.15, 0.2) is 9.84 Å². The Kier molecular flexibility index (Phi) is 3.35. The van der Waals surface area contributed by atoms with E-state index in [9.17, 15) is 13.2 Å². The summed E-state index contributed by atoms with van der Waals surface area (Å²) >= 11 is 1.61. The number of rotatable bonds is 2. The minimum absolute atomic E-state index is 0.00300. The van der Waals surface area contributed by atoms with E-state index in [2.05, 4.69) is 15.8 Å². The fourth-order valence-corrected chi connectivity index (χ4v) is 5.97. The maximum absolute atomic E-state index is 12.2. The van der Waals surface area contributed by atoms with Crippen LogP contribution in [0.1, 0.15) is 41.6 Å². The first-order chi connectivity index (χ1) is 10.9. The van der Waals surface area contributed by atoms with Crippen molar-refractivity contribution in [1.82, 2.24) is 9.78 Å². The Bertz CT molecular complexity index is 868. The van der Waals surface area contributed by atoms with E-state index in [4.69, 9.17) is 0 Å². The highest BCUT2D eigenvalue weighted by Gasteiger charge is 2.37. The smallest absolute Gasteiger partial charge is 0.226 e. The summed E-state index contributed by atoms with van der Waals surface area (Å²) in [7, 11) is -3.00. The fraction of sp³-hybridized carbons (Fsp3) is 0.467. The molecule has 1 fully saturated rings. The predicted molar refractivity (Wildman–Crippen MR) is 88.7 cm³/mol. The summed E-state index contributed by atoms with van der Waals surface area (Å²) in [4.78, 5) is 12.2. The number of carbonyl (C=O) groups is 1. The van der Waals surface area contributed by atoms with Crippen molar-refractivity contribution in [2.75, 3.05) is 16.8 Å². The van der Waals surface area contributed by atoms with Gasteiger partial charge in [0.05, 0.1) is 23.2 Å². The zero-order valence-electron chi connectivity index (χ0n) is 12.7. The number of nitrogens with one attached hydrogen (secondary N) is 1. The first-order valence-corrected chi connectivity index (χ1v) is 10.3. The Hall–Kier alpha value is -1.67. The first-order valence-electron chi connectivity index (χ1n) is 7.56. The lowest BCUT2D eigenvalue weighted by atomic mass is 9.87. The van der Waals surface area contributed by atoms with Crippen LogP contribution in [-0.2, 0) is 14.6 Å². The largest absolute Gasteiger partial charge is 0.311 e. The average Bonchev–Trinajstić information content (AvgIpc) is 3.18. The summed E-state index contributed by atoms with van der Waals surface area (Å²) in [6.07, 6.45) is 0.952. The van der Waals surface area contributed by atoms with E-state index in [-0.39, 0.29) is 29.4 Å². The highest BCUT2D eigenvalue weighted by atomic mass is 32.2. The van der Waals surface area contributed by atoms with E-state index in [1.807, 2.05) is 18.4 Å². The average molecular weight is 351 g/mol. The van der Waals surface area contributed by atoms with Gasteiger partial charge < -0.3 is 5.32 Å². The summed E-state index contributed by atoms with van der Waals surface area (Å²) in [5, 5.41) is 11.6. The van der Waals surface area contributed by atoms with Gasteiger partial charge in [-0.3, -0.25) is 4.79 Å². The Labute approximate surface area is 138 Å². The summed E-state index contributed by atoms with van der Waals surface area (Å²) in [5.74, 6) is 0.914. The Morgan fingerprint density at radius 1 is 1.43 bits per heavy atom. The van der Waals surface area contributed by atoms with Crippen LogP contribution in [0.3, 0.4) is 0 Å². The molecule has 4 rings (SSSR count). The van der Waals surface area contributed by atoms with E-state index in [1.54, 1.807) is 16.0 Å². The van der Waals surface area contributed by atoms with Gasteiger partial charge in [0.25, 0.3) is 0 Å². The molecule has 0 aliphatic carbocycles. The van der Waals surface area contributed by atoms with Gasteiger partial charge in [0.1, 0.15) is 5.82 Å². The van der Waals surface area contributed by atoms with Crippen LogP contribution in [0, 0.1) is 6.92 Å². The quantitative estimate of drug-likeness (QED) is 0.898. The van der Waals surface area contributed by atoms with Crippen molar-refractivity contribution in [3.63, 3.8) is 0 Å². The predicted octanol–water partition coefficient (Wildman–Crippen LogP) is 2.09. The number of thiophene rings is 1. The zero-order chi connectivity index (χ0) is 16.2. The highest BCUT2D eigenvalue weighted by Crippen LogP contribution is 2.41. The Morgan fingerprint density at radius 3 is 2.91 bits per heavy atom. The van der Waals surface area contributed by atoms with Gasteiger partial charge >= 0.3 is 0 Å². The molecule has 0 unspecified atom stereocenters. The number of aryl methyl sites for hydroxylation is 1. The minimum Gasteiger partial charge on any atom is -0.311 e. The third-order valence-electron chi connectivity index (χ3n) is 4.63. The van der Waals surface area contributed by atoms with Gasteiger partial charge in [0, 0.05) is 17.9 Å². The highest BCUT2D eigenvalue weighted by molar-refractivity contribution is 7.91. The second kappa shape index (κ2) is 5.17. The Balaban J connectivity index is 1.81. The van der Waals surface area contributed by atoms with Crippen LogP contribution in [0.2, 0.25) is 0 Å². The van der Waals surface area contributed by atoms with Crippen molar-refractivity contribution in [1.29, 1.82) is 0 Å². The molecular weight excluding hydrogens is 334 g/mol. The number of sulfone groups is 1. The molecule has 6 nitrogen and oxygen atoms in total. The number of nitrogens with zero attached hydrogens (tertiary/aromatic N) is 2. The number of aromatic nitrogens is 2. The molecule has 8 heteroatoms. The van der Waals surface area contributed by atoms with E-state index in [0.29, 0.717) is 18.7 Å². The van der Waals surface area contributed by atoms with Crippen molar-refractivity contribution in [3.8, 4) is 0 Å². The van der Waals surface area contributed by atoms with Crippen molar-refractivity contribution < 1.29 is 13.2 Å². The van der Waals surface area contributed by atoms with Gasteiger partial charge in [-0.25, -0.2) is 13.1 Å². The van der Waals surface area contributed by atoms with Gasteiger partial charge in [0.2, 0.25) is 5.91 Å². The van der Waals surface area contributed by atoms with Crippen molar-refractivity contribution >= 4 is 32.9 Å². The molecule has 2 aromatic heterocycles. The molecule has 0 saturated carbocycles. The van der Waals surface area contributed by atoms with Crippen LogP contribution in [0.25, 0.3) is 0 Å². The first kappa shape index (κ1) is 14.9. The van der Waals surface area contributed by atoms with Gasteiger partial charge in [-0.1, -0.05) is 0 Å². The minimum atomic E-state index is -3.00. The number of carbonyl (C=O) groups excluding carboxylic acids is 1. The van der Waals surface area contributed by atoms with Gasteiger partial charge in [-0.15, -0.1) is 0 Å². The molecule has 23 heavy (non-hydrogen) atoms. The molecular formula is C15H17N3O3S2. The maximum Gasteiger partial charge on any atom is 0.226 e. The molecule has 0 spiro atoms. The second-order valence-electron chi connectivity index (χ2n) is 6.21. The molecule has 1 N–H and O–H groups in total. The fourth-order valence-electron chi connectivity index (χ4n) is 3.56. The Morgan fingerprint density at radius 2 is 2.26 bits per heavy atom. The van der Waals surface area contributed by atoms with E-state index < -0.39 is 9.84 Å². The van der Waals surface area contributed by atoms with Crippen LogP contribution in [0.5, 0.6) is 0 Å². The molecule has 2 atom stereocenters. The zero-order valence-corrected chi connectivity index (χ0v) is 14.3. The van der Waals surface area contributed by atoms with Crippen molar-refractivity contribution in [3.05, 3.63) is 33.6 Å². The number of anilines is 1. The molecule has 2 aliphatic heterocycles. The molecule has 122 valence electrons. The van der Waals surface area contributed by atoms with Crippen LogP contribution in [-0.4, -0.2) is 35.6 Å². The summed E-state index contributed by atoms with van der Waals surface area (Å²) in [5.41, 5.74) is 3.00. The lowest BCUT2D eigenvalue weighted by Crippen LogP contribution is -2.26. The number of hydrogen-bond donors (Lipinski definition) is 1. The molecule has 4 heterocycles. The van der Waals surface area contributed by atoms with Crippen LogP contribution >= 0.6 is 11.3 Å². The lowest BCUT2D eigenvalue weighted by molar-refractivity contribution is -0.116. The SMILES string of the molecule is Cc1nn([C@@H]2CCS(=O)(=O)C2)c2c1[C@H](c1ccsc1)CC(=O)N2. The van der Waals surface area contributed by atoms with Crippen LogP contribution < -0.4 is 5.32 Å². The number of amides is 1. The molecule has 1 saturated heterocycles. The standard InChI is InChI=1S/C15H17N3O3S2/c1-9-14-12(10-2-4-22-7-10)6-13(19)16-15(14)18(17-9)11-3-5-23(20,21)8-11/h2,4,7,11-12H,3,5-6,8H2,1H3,(H,16,19)/t11-,12+/m1/s1. The second-order valence-corrected chi connectivity index (χ2v) is 9.22. The van der Waals surface area contributed by atoms with E-state index >= 15 is 0 Å². The van der Waals surface area contributed by atoms with Gasteiger partial charge in [-0.2, -0.15) is 16.4 Å². The topological polar surface area (TPSA) is 81.1 Å². The molecule has 0 aromatic carbocycles. The third kappa shape index (κ3) is 2.49. The van der Waals surface area contributed by atoms with Crippen molar-refractivity contribution in [2.24, 2.45) is 0 Å². The van der Waals surface area contributed by atoms with E-state index in [0.717, 1.165) is 16.8 Å². The summed E-state index contributed by atoms with van der Waals surface area (Å²) in [6, 6.07) is 1.85. The molecule has 0 radical (unpaired) electrons. The van der Waals surface area contributed by atoms with Crippen molar-refractivity contribution in [2.45, 2.75) is 31.7 Å². The summed E-state index contributed by atoms with van der Waals surface area (Å²) in [6.45, 7) is 1.93. The normalized spacial score (nSPS) is 26.0. The van der Waals surface area contributed by atoms with Gasteiger partial charge in [-0.05, 0) is 35.7 Å². The molecule has 1 amide bonds. The third-order valence-corrected chi connectivity index (χ3v) is 7.08. The molecule has 2 aliphatic rings. The maximum atomic E-state index is 12.2. The van der Waals surface area contributed by atoms with E-state index in [1.165, 1.54) is 0 Å². The molecule has 2 aromatic rings. The lowest BCUT2D eigenvalue weighted by Gasteiger charge is -2.24. The number of fused-ring (bicyclic) bond motifs is 1. The molecule has 0 bridgehead atoms. The monoisotopic (exact) mass is 351 g/mol. The van der Waals surface area contributed by atoms with Crippen LogP contribution in [0.15, 0.2) is 16.8 Å². The summed E-state index contributed by atoms with van der Waals surface area (Å²) < 4.78 is 25.3. The van der Waals surface area contributed by atoms with Crippen LogP contribution in [0.4, 0.5) is 5.82 Å². The number of hydrogen-bond acceptors (Lipinski definition) is 5.